The van der Waals surface area contributed by atoms with Crippen molar-refractivity contribution in [1.82, 2.24) is 4.98 Å². The first-order chi connectivity index (χ1) is 14.0. The van der Waals surface area contributed by atoms with E-state index in [1.54, 1.807) is 0 Å². The van der Waals surface area contributed by atoms with Gasteiger partial charge in [-0.15, -0.1) is 11.3 Å². The third-order valence-electron chi connectivity index (χ3n) is 4.96. The summed E-state index contributed by atoms with van der Waals surface area (Å²) in [4.78, 5) is 16.8. The van der Waals surface area contributed by atoms with Crippen LogP contribution in [0.25, 0.3) is 0 Å². The predicted molar refractivity (Wildman–Crippen MR) is 111 cm³/mol. The number of hydrogen-bond donors (Lipinski definition) is 1. The molecule has 5 nitrogen and oxygen atoms in total. The normalized spacial score (nSPS) is 15.5. The van der Waals surface area contributed by atoms with Crippen LogP contribution >= 0.6 is 22.9 Å². The molecule has 1 fully saturated rings. The lowest BCUT2D eigenvalue weighted by atomic mass is 10.1. The van der Waals surface area contributed by atoms with Crippen LogP contribution in [-0.2, 0) is 27.2 Å². The van der Waals surface area contributed by atoms with Gasteiger partial charge in [-0.25, -0.2) is 13.4 Å². The van der Waals surface area contributed by atoms with E-state index in [1.807, 2.05) is 0 Å². The SMILES string of the molecule is O=C(CCS(=O)(=O)C1CCCC1)Nc1ncc(Cc2cc(C(F)(F)F)ccc2Cl)s1. The standard InChI is InChI=1S/C19H20ClF3N2O3S2/c20-16-6-5-13(19(21,22)23)9-12(16)10-14-11-24-18(29-14)25-17(26)7-8-30(27,28)15-3-1-2-4-15/h5-6,9,11,15H,1-4,7-8,10H2,(H,24,25,26). The Kier molecular flexibility index (Phi) is 7.09. The molecule has 3 rings (SSSR count). The summed E-state index contributed by atoms with van der Waals surface area (Å²) >= 11 is 7.12. The number of amides is 1. The number of halogens is 4. The zero-order valence-electron chi connectivity index (χ0n) is 15.8. The van der Waals surface area contributed by atoms with Crippen molar-refractivity contribution in [3.63, 3.8) is 0 Å². The van der Waals surface area contributed by atoms with E-state index in [9.17, 15) is 26.4 Å². The van der Waals surface area contributed by atoms with Gasteiger partial charge < -0.3 is 5.32 Å². The average molecular weight is 481 g/mol. The summed E-state index contributed by atoms with van der Waals surface area (Å²) < 4.78 is 63.2. The highest BCUT2D eigenvalue weighted by molar-refractivity contribution is 7.92. The van der Waals surface area contributed by atoms with Crippen molar-refractivity contribution in [2.75, 3.05) is 11.1 Å². The number of thiazole rings is 1. The van der Waals surface area contributed by atoms with Gasteiger partial charge in [-0.05, 0) is 36.6 Å². The minimum Gasteiger partial charge on any atom is -0.302 e. The molecule has 0 atom stereocenters. The Balaban J connectivity index is 1.58. The summed E-state index contributed by atoms with van der Waals surface area (Å²) in [6, 6.07) is 3.12. The Morgan fingerprint density at radius 2 is 1.97 bits per heavy atom. The molecule has 0 radical (unpaired) electrons. The molecule has 0 aliphatic heterocycles. The van der Waals surface area contributed by atoms with Crippen LogP contribution in [0, 0.1) is 0 Å². The van der Waals surface area contributed by atoms with Crippen molar-refractivity contribution in [3.8, 4) is 0 Å². The Morgan fingerprint density at radius 1 is 1.27 bits per heavy atom. The first kappa shape index (κ1) is 23.0. The molecule has 164 valence electrons. The van der Waals surface area contributed by atoms with Crippen molar-refractivity contribution >= 4 is 43.8 Å². The molecule has 1 aromatic carbocycles. The summed E-state index contributed by atoms with van der Waals surface area (Å²) in [6.07, 6.45) is 0.0498. The summed E-state index contributed by atoms with van der Waals surface area (Å²) in [5, 5.41) is 2.67. The minimum atomic E-state index is -4.47. The third kappa shape index (κ3) is 5.95. The van der Waals surface area contributed by atoms with Crippen LogP contribution in [0.4, 0.5) is 18.3 Å². The zero-order chi connectivity index (χ0) is 21.9. The monoisotopic (exact) mass is 480 g/mol. The summed E-state index contributed by atoms with van der Waals surface area (Å²) in [5.41, 5.74) is -0.487. The van der Waals surface area contributed by atoms with Gasteiger partial charge in [-0.1, -0.05) is 24.4 Å². The number of rotatable bonds is 7. The van der Waals surface area contributed by atoms with Crippen molar-refractivity contribution < 1.29 is 26.4 Å². The molecule has 2 aromatic rings. The fourth-order valence-corrected chi connectivity index (χ4v) is 6.24. The number of nitrogens with one attached hydrogen (secondary N) is 1. The van der Waals surface area contributed by atoms with E-state index in [0.717, 1.165) is 36.3 Å². The number of benzene rings is 1. The summed E-state index contributed by atoms with van der Waals surface area (Å²) in [7, 11) is -3.29. The van der Waals surface area contributed by atoms with Crippen LogP contribution in [-0.4, -0.2) is 30.3 Å². The fraction of sp³-hybridized carbons (Fsp3) is 0.474. The average Bonchev–Trinajstić information content (AvgIpc) is 3.34. The third-order valence-corrected chi connectivity index (χ3v) is 8.50. The first-order valence-electron chi connectivity index (χ1n) is 9.36. The quantitative estimate of drug-likeness (QED) is 0.598. The van der Waals surface area contributed by atoms with Crippen LogP contribution in [0.2, 0.25) is 5.02 Å². The van der Waals surface area contributed by atoms with Gasteiger partial charge in [-0.3, -0.25) is 4.79 Å². The zero-order valence-corrected chi connectivity index (χ0v) is 18.2. The fourth-order valence-electron chi connectivity index (χ4n) is 3.35. The highest BCUT2D eigenvalue weighted by Crippen LogP contribution is 2.33. The van der Waals surface area contributed by atoms with Crippen molar-refractivity contribution in [2.24, 2.45) is 0 Å². The summed E-state index contributed by atoms with van der Waals surface area (Å²) in [6.45, 7) is 0. The number of sulfone groups is 1. The molecule has 0 unspecified atom stereocenters. The van der Waals surface area contributed by atoms with E-state index in [1.165, 1.54) is 12.3 Å². The molecule has 1 saturated carbocycles. The molecule has 1 aromatic heterocycles. The Labute approximate surface area is 181 Å². The molecule has 1 amide bonds. The lowest BCUT2D eigenvalue weighted by Gasteiger charge is -2.10. The number of alkyl halides is 3. The maximum absolute atomic E-state index is 12.9. The van der Waals surface area contributed by atoms with E-state index < -0.39 is 27.5 Å². The number of aromatic nitrogens is 1. The molecular formula is C19H20ClF3N2O3S2. The van der Waals surface area contributed by atoms with E-state index >= 15 is 0 Å². The molecular weight excluding hydrogens is 461 g/mol. The second-order valence-electron chi connectivity index (χ2n) is 7.18. The van der Waals surface area contributed by atoms with Crippen molar-refractivity contribution in [1.29, 1.82) is 0 Å². The van der Waals surface area contributed by atoms with Gasteiger partial charge in [0.05, 0.1) is 16.6 Å². The topological polar surface area (TPSA) is 76.1 Å². The second kappa shape index (κ2) is 9.23. The molecule has 1 aliphatic carbocycles. The van der Waals surface area contributed by atoms with Gasteiger partial charge in [0, 0.05) is 28.9 Å². The van der Waals surface area contributed by atoms with Crippen molar-refractivity contribution in [2.45, 2.75) is 50.0 Å². The molecule has 30 heavy (non-hydrogen) atoms. The second-order valence-corrected chi connectivity index (χ2v) is 11.1. The van der Waals surface area contributed by atoms with E-state index in [-0.39, 0.29) is 34.0 Å². The lowest BCUT2D eigenvalue weighted by molar-refractivity contribution is -0.137. The highest BCUT2D eigenvalue weighted by atomic mass is 35.5. The first-order valence-corrected chi connectivity index (χ1v) is 12.3. The molecule has 0 bridgehead atoms. The van der Waals surface area contributed by atoms with Gasteiger partial charge in [0.2, 0.25) is 5.91 Å². The molecule has 0 spiro atoms. The van der Waals surface area contributed by atoms with Crippen LogP contribution in [0.1, 0.15) is 48.1 Å². The molecule has 1 N–H and O–H groups in total. The molecule has 11 heteroatoms. The highest BCUT2D eigenvalue weighted by Gasteiger charge is 2.31. The van der Waals surface area contributed by atoms with Crippen LogP contribution in [0.3, 0.4) is 0 Å². The predicted octanol–water partition coefficient (Wildman–Crippen LogP) is 5.09. The molecule has 1 heterocycles. The van der Waals surface area contributed by atoms with E-state index in [0.29, 0.717) is 23.3 Å². The van der Waals surface area contributed by atoms with E-state index in [4.69, 9.17) is 11.6 Å². The number of carbonyl (C=O) groups is 1. The Hall–Kier alpha value is -1.65. The van der Waals surface area contributed by atoms with Gasteiger partial charge in [0.25, 0.3) is 0 Å². The van der Waals surface area contributed by atoms with Gasteiger partial charge in [-0.2, -0.15) is 13.2 Å². The minimum absolute atomic E-state index is 0.131. The molecule has 0 saturated heterocycles. The van der Waals surface area contributed by atoms with Crippen LogP contribution in [0.5, 0.6) is 0 Å². The van der Waals surface area contributed by atoms with Crippen LogP contribution < -0.4 is 5.32 Å². The largest absolute Gasteiger partial charge is 0.416 e. The number of nitrogens with zero attached hydrogens (tertiary/aromatic N) is 1. The maximum atomic E-state index is 12.9. The number of anilines is 1. The van der Waals surface area contributed by atoms with Gasteiger partial charge in [0.1, 0.15) is 0 Å². The number of hydrogen-bond acceptors (Lipinski definition) is 5. The van der Waals surface area contributed by atoms with Gasteiger partial charge in [0.15, 0.2) is 15.0 Å². The Bertz CT molecular complexity index is 1020. The maximum Gasteiger partial charge on any atom is 0.416 e. The van der Waals surface area contributed by atoms with E-state index in [2.05, 4.69) is 10.3 Å². The van der Waals surface area contributed by atoms with Gasteiger partial charge >= 0.3 is 6.18 Å². The molecule has 1 aliphatic rings. The smallest absolute Gasteiger partial charge is 0.302 e. The Morgan fingerprint density at radius 3 is 2.63 bits per heavy atom. The summed E-state index contributed by atoms with van der Waals surface area (Å²) in [5.74, 6) is -0.670. The van der Waals surface area contributed by atoms with Crippen LogP contribution in [0.15, 0.2) is 24.4 Å². The van der Waals surface area contributed by atoms with Crippen molar-refractivity contribution in [3.05, 3.63) is 45.4 Å². The number of carbonyl (C=O) groups excluding carboxylic acids is 1. The lowest BCUT2D eigenvalue weighted by Crippen LogP contribution is -2.24.